The first-order valence-electron chi connectivity index (χ1n) is 7.03. The highest BCUT2D eigenvalue weighted by Crippen LogP contribution is 2.27. The molecular weight excluding hydrogens is 371 g/mol. The van der Waals surface area contributed by atoms with Crippen LogP contribution in [0.3, 0.4) is 0 Å². The van der Waals surface area contributed by atoms with Crippen molar-refractivity contribution in [3.8, 4) is 5.75 Å². The van der Waals surface area contributed by atoms with Gasteiger partial charge in [0.15, 0.2) is 0 Å². The highest BCUT2D eigenvalue weighted by molar-refractivity contribution is 7.89. The number of ether oxygens (including phenoxy) is 1. The molecule has 0 aliphatic heterocycles. The summed E-state index contributed by atoms with van der Waals surface area (Å²) in [5, 5.41) is 2.57. The van der Waals surface area contributed by atoms with Gasteiger partial charge in [0.1, 0.15) is 16.5 Å². The van der Waals surface area contributed by atoms with Crippen LogP contribution in [0.4, 0.5) is 10.1 Å². The van der Waals surface area contributed by atoms with Gasteiger partial charge in [-0.3, -0.25) is 4.79 Å². The van der Waals surface area contributed by atoms with Crippen LogP contribution in [0.1, 0.15) is 10.4 Å². The summed E-state index contributed by atoms with van der Waals surface area (Å²) in [6.45, 7) is 0. The molecule has 1 N–H and O–H groups in total. The molecule has 0 saturated carbocycles. The zero-order valence-electron chi connectivity index (χ0n) is 13.7. The Morgan fingerprint density at radius 1 is 1.20 bits per heavy atom. The molecule has 0 spiro atoms. The van der Waals surface area contributed by atoms with Gasteiger partial charge < -0.3 is 10.1 Å². The Kier molecular flexibility index (Phi) is 5.66. The number of benzene rings is 2. The summed E-state index contributed by atoms with van der Waals surface area (Å²) < 4.78 is 44.6. The molecule has 0 aromatic heterocycles. The maximum Gasteiger partial charge on any atom is 0.255 e. The van der Waals surface area contributed by atoms with Crippen molar-refractivity contribution in [1.29, 1.82) is 0 Å². The number of rotatable bonds is 5. The first-order valence-corrected chi connectivity index (χ1v) is 8.85. The van der Waals surface area contributed by atoms with Gasteiger partial charge in [0.05, 0.1) is 12.8 Å². The third-order valence-electron chi connectivity index (χ3n) is 3.36. The van der Waals surface area contributed by atoms with Crippen LogP contribution in [0.5, 0.6) is 5.75 Å². The lowest BCUT2D eigenvalue weighted by molar-refractivity contribution is 0.102. The molecule has 25 heavy (non-hydrogen) atoms. The van der Waals surface area contributed by atoms with Gasteiger partial charge in [0.2, 0.25) is 10.0 Å². The molecule has 9 heteroatoms. The lowest BCUT2D eigenvalue weighted by Crippen LogP contribution is -2.23. The molecule has 0 saturated heterocycles. The average Bonchev–Trinajstić information content (AvgIpc) is 2.56. The Bertz CT molecular complexity index is 916. The largest absolute Gasteiger partial charge is 0.495 e. The van der Waals surface area contributed by atoms with Crippen molar-refractivity contribution in [2.24, 2.45) is 0 Å². The molecule has 0 heterocycles. The molecule has 0 aliphatic carbocycles. The Morgan fingerprint density at radius 3 is 2.44 bits per heavy atom. The standard InChI is InChI=1S/C16H16ClFN2O4S/c1-20(2)25(22,23)15-8-10(4-7-14(15)24-3)16(21)19-13-6-5-11(17)9-12(13)18/h4-9H,1-3H3,(H,19,21). The predicted octanol–water partition coefficient (Wildman–Crippen LogP) is 2.99. The lowest BCUT2D eigenvalue weighted by Gasteiger charge is -2.15. The van der Waals surface area contributed by atoms with E-state index in [1.54, 1.807) is 0 Å². The monoisotopic (exact) mass is 386 g/mol. The van der Waals surface area contributed by atoms with Gasteiger partial charge >= 0.3 is 0 Å². The highest BCUT2D eigenvalue weighted by atomic mass is 35.5. The van der Waals surface area contributed by atoms with E-state index in [1.165, 1.54) is 51.5 Å². The van der Waals surface area contributed by atoms with E-state index in [9.17, 15) is 17.6 Å². The maximum absolute atomic E-state index is 13.8. The number of hydrogen-bond acceptors (Lipinski definition) is 4. The average molecular weight is 387 g/mol. The Morgan fingerprint density at radius 2 is 1.88 bits per heavy atom. The van der Waals surface area contributed by atoms with Crippen molar-refractivity contribution in [2.75, 3.05) is 26.5 Å². The summed E-state index contributed by atoms with van der Waals surface area (Å²) in [7, 11) is 0.232. The van der Waals surface area contributed by atoms with E-state index in [0.717, 1.165) is 10.4 Å². The summed E-state index contributed by atoms with van der Waals surface area (Å²) >= 11 is 5.67. The van der Waals surface area contributed by atoms with E-state index in [-0.39, 0.29) is 26.9 Å². The number of carbonyl (C=O) groups is 1. The number of nitrogens with one attached hydrogen (secondary N) is 1. The third kappa shape index (κ3) is 4.09. The van der Waals surface area contributed by atoms with Crippen LogP contribution in [0.15, 0.2) is 41.3 Å². The number of carbonyl (C=O) groups excluding carboxylic acids is 1. The van der Waals surface area contributed by atoms with E-state index in [0.29, 0.717) is 0 Å². The zero-order chi connectivity index (χ0) is 18.8. The topological polar surface area (TPSA) is 75.7 Å². The van der Waals surface area contributed by atoms with Gasteiger partial charge in [0.25, 0.3) is 5.91 Å². The van der Waals surface area contributed by atoms with Gasteiger partial charge in [0, 0.05) is 24.7 Å². The van der Waals surface area contributed by atoms with Crippen LogP contribution >= 0.6 is 11.6 Å². The number of sulfonamides is 1. The molecule has 0 unspecified atom stereocenters. The summed E-state index contributed by atoms with van der Waals surface area (Å²) in [6.07, 6.45) is 0. The van der Waals surface area contributed by atoms with Crippen molar-refractivity contribution in [1.82, 2.24) is 4.31 Å². The van der Waals surface area contributed by atoms with Gasteiger partial charge in [-0.05, 0) is 36.4 Å². The molecule has 1 amide bonds. The molecule has 2 rings (SSSR count). The Labute approximate surface area is 150 Å². The number of anilines is 1. The number of halogens is 2. The molecule has 0 fully saturated rings. The van der Waals surface area contributed by atoms with Gasteiger partial charge in [-0.15, -0.1) is 0 Å². The fourth-order valence-corrected chi connectivity index (χ4v) is 3.24. The fraction of sp³-hybridized carbons (Fsp3) is 0.188. The summed E-state index contributed by atoms with van der Waals surface area (Å²) in [5.41, 5.74) is -0.0298. The first kappa shape index (κ1) is 19.2. The minimum absolute atomic E-state index is 0.0376. The van der Waals surface area contributed by atoms with Crippen molar-refractivity contribution >= 4 is 33.2 Å². The van der Waals surface area contributed by atoms with E-state index in [4.69, 9.17) is 16.3 Å². The van der Waals surface area contributed by atoms with Crippen LogP contribution < -0.4 is 10.1 Å². The number of methoxy groups -OCH3 is 1. The second kappa shape index (κ2) is 7.38. The highest BCUT2D eigenvalue weighted by Gasteiger charge is 2.24. The summed E-state index contributed by atoms with van der Waals surface area (Å²) in [5.74, 6) is -1.27. The minimum atomic E-state index is -3.83. The first-order chi connectivity index (χ1) is 11.7. The zero-order valence-corrected chi connectivity index (χ0v) is 15.3. The summed E-state index contributed by atoms with van der Waals surface area (Å²) in [4.78, 5) is 12.2. The number of nitrogens with zero attached hydrogens (tertiary/aromatic N) is 1. The lowest BCUT2D eigenvalue weighted by atomic mass is 10.2. The van der Waals surface area contributed by atoms with Crippen molar-refractivity contribution in [3.05, 3.63) is 52.8 Å². The molecule has 0 radical (unpaired) electrons. The minimum Gasteiger partial charge on any atom is -0.495 e. The molecular formula is C16H16ClFN2O4S. The SMILES string of the molecule is COc1ccc(C(=O)Nc2ccc(Cl)cc2F)cc1S(=O)(=O)N(C)C. The van der Waals surface area contributed by atoms with Gasteiger partial charge in [-0.25, -0.2) is 17.1 Å². The van der Waals surface area contributed by atoms with Crippen LogP contribution in [-0.4, -0.2) is 39.8 Å². The van der Waals surface area contributed by atoms with E-state index < -0.39 is 21.7 Å². The molecule has 0 bridgehead atoms. The second-order valence-corrected chi connectivity index (χ2v) is 7.79. The molecule has 2 aromatic carbocycles. The van der Waals surface area contributed by atoms with Crippen LogP contribution in [0, 0.1) is 5.82 Å². The fourth-order valence-electron chi connectivity index (χ4n) is 2.00. The molecule has 6 nitrogen and oxygen atoms in total. The number of hydrogen-bond donors (Lipinski definition) is 1. The third-order valence-corrected chi connectivity index (χ3v) is 5.44. The Balaban J connectivity index is 2.41. The Hall–Kier alpha value is -2.16. The van der Waals surface area contributed by atoms with E-state index in [2.05, 4.69) is 5.32 Å². The van der Waals surface area contributed by atoms with E-state index in [1.807, 2.05) is 0 Å². The normalized spacial score (nSPS) is 11.4. The molecule has 0 atom stereocenters. The quantitative estimate of drug-likeness (QED) is 0.857. The molecule has 0 aliphatic rings. The van der Waals surface area contributed by atoms with E-state index >= 15 is 0 Å². The van der Waals surface area contributed by atoms with Gasteiger partial charge in [-0.1, -0.05) is 11.6 Å². The predicted molar refractivity (Wildman–Crippen MR) is 93.2 cm³/mol. The van der Waals surface area contributed by atoms with Crippen molar-refractivity contribution < 1.29 is 22.3 Å². The number of amides is 1. The molecule has 2 aromatic rings. The van der Waals surface area contributed by atoms with Gasteiger partial charge in [-0.2, -0.15) is 0 Å². The second-order valence-electron chi connectivity index (χ2n) is 5.23. The maximum atomic E-state index is 13.8. The van der Waals surface area contributed by atoms with Crippen LogP contribution in [0.2, 0.25) is 5.02 Å². The smallest absolute Gasteiger partial charge is 0.255 e. The van der Waals surface area contributed by atoms with Crippen molar-refractivity contribution in [2.45, 2.75) is 4.90 Å². The molecule has 134 valence electrons. The summed E-state index contributed by atoms with van der Waals surface area (Å²) in [6, 6.07) is 7.73. The van der Waals surface area contributed by atoms with Crippen LogP contribution in [0.25, 0.3) is 0 Å². The van der Waals surface area contributed by atoms with Crippen LogP contribution in [-0.2, 0) is 10.0 Å². The van der Waals surface area contributed by atoms with Crippen molar-refractivity contribution in [3.63, 3.8) is 0 Å².